The first-order valence-corrected chi connectivity index (χ1v) is 6.69. The number of hydrogen-bond acceptors (Lipinski definition) is 3. The fourth-order valence-corrected chi connectivity index (χ4v) is 2.05. The maximum Gasteiger partial charge on any atom is 0.340 e. The number of carboxylic acid groups (broad SMARTS) is 1. The summed E-state index contributed by atoms with van der Waals surface area (Å²) in [5, 5.41) is 11.0. The van der Waals surface area contributed by atoms with Crippen molar-refractivity contribution >= 4 is 16.7 Å². The highest BCUT2D eigenvalue weighted by Gasteiger charge is 2.15. The Labute approximate surface area is 117 Å². The third-order valence-electron chi connectivity index (χ3n) is 2.94. The van der Waals surface area contributed by atoms with Gasteiger partial charge in [0.15, 0.2) is 0 Å². The molecule has 0 atom stereocenters. The largest absolute Gasteiger partial charge is 0.490 e. The average Bonchev–Trinajstić information content (AvgIpc) is 2.46. The fraction of sp³-hybridized carbons (Fsp3) is 0.312. The molecule has 4 heteroatoms. The van der Waals surface area contributed by atoms with Gasteiger partial charge in [0.1, 0.15) is 17.9 Å². The van der Waals surface area contributed by atoms with Gasteiger partial charge in [-0.3, -0.25) is 0 Å². The summed E-state index contributed by atoms with van der Waals surface area (Å²) in [7, 11) is 0. The summed E-state index contributed by atoms with van der Waals surface area (Å²) < 4.78 is 10.9. The Morgan fingerprint density at radius 1 is 1.10 bits per heavy atom. The zero-order chi connectivity index (χ0) is 14.4. The van der Waals surface area contributed by atoms with Gasteiger partial charge in [-0.15, -0.1) is 0 Å². The van der Waals surface area contributed by atoms with Crippen LogP contribution in [-0.4, -0.2) is 30.9 Å². The minimum Gasteiger partial charge on any atom is -0.490 e. The molecule has 1 N–H and O–H groups in total. The molecule has 20 heavy (non-hydrogen) atoms. The predicted octanol–water partition coefficient (Wildman–Crippen LogP) is 3.34. The molecule has 0 aliphatic heterocycles. The lowest BCUT2D eigenvalue weighted by atomic mass is 10.0. The molecule has 0 aliphatic carbocycles. The summed E-state index contributed by atoms with van der Waals surface area (Å²) in [5.41, 5.74) is 0.207. The van der Waals surface area contributed by atoms with Crippen molar-refractivity contribution in [2.24, 2.45) is 0 Å². The lowest BCUT2D eigenvalue weighted by Crippen LogP contribution is -2.10. The second-order valence-corrected chi connectivity index (χ2v) is 4.43. The van der Waals surface area contributed by atoms with Crippen molar-refractivity contribution < 1.29 is 19.4 Å². The highest BCUT2D eigenvalue weighted by atomic mass is 16.5. The Morgan fingerprint density at radius 2 is 1.90 bits per heavy atom. The Morgan fingerprint density at radius 3 is 2.65 bits per heavy atom. The second-order valence-electron chi connectivity index (χ2n) is 4.43. The third-order valence-corrected chi connectivity index (χ3v) is 2.94. The van der Waals surface area contributed by atoms with E-state index in [9.17, 15) is 9.90 Å². The Balaban J connectivity index is 2.20. The molecule has 0 aliphatic rings. The van der Waals surface area contributed by atoms with Crippen LogP contribution in [-0.2, 0) is 4.74 Å². The number of ether oxygens (including phenoxy) is 2. The molecule has 0 spiro atoms. The zero-order valence-corrected chi connectivity index (χ0v) is 11.5. The van der Waals surface area contributed by atoms with Crippen molar-refractivity contribution in [3.05, 3.63) is 42.0 Å². The van der Waals surface area contributed by atoms with Gasteiger partial charge in [-0.05, 0) is 23.3 Å². The van der Waals surface area contributed by atoms with Gasteiger partial charge < -0.3 is 14.6 Å². The molecule has 0 radical (unpaired) electrons. The molecule has 0 amide bonds. The molecular formula is C16H18O4. The standard InChI is InChI=1S/C16H18O4/c1-2-9-19-10-11-20-14-8-7-12-5-3-4-6-13(12)15(14)16(17)18/h3-8H,2,9-11H2,1H3,(H,17,18). The van der Waals surface area contributed by atoms with Crippen molar-refractivity contribution in [1.29, 1.82) is 0 Å². The predicted molar refractivity (Wildman–Crippen MR) is 77.5 cm³/mol. The van der Waals surface area contributed by atoms with E-state index in [0.717, 1.165) is 11.8 Å². The quantitative estimate of drug-likeness (QED) is 0.787. The summed E-state index contributed by atoms with van der Waals surface area (Å²) >= 11 is 0. The van der Waals surface area contributed by atoms with E-state index in [2.05, 4.69) is 0 Å². The minimum absolute atomic E-state index is 0.207. The number of carboxylic acids is 1. The SMILES string of the molecule is CCCOCCOc1ccc2ccccc2c1C(=O)O. The summed E-state index contributed by atoms with van der Waals surface area (Å²) in [4.78, 5) is 11.5. The van der Waals surface area contributed by atoms with Gasteiger partial charge in [-0.1, -0.05) is 37.3 Å². The lowest BCUT2D eigenvalue weighted by molar-refractivity contribution is 0.0688. The van der Waals surface area contributed by atoms with E-state index in [4.69, 9.17) is 9.47 Å². The Bertz CT molecular complexity index is 592. The topological polar surface area (TPSA) is 55.8 Å². The van der Waals surface area contributed by atoms with Crippen LogP contribution in [0, 0.1) is 0 Å². The summed E-state index contributed by atoms with van der Waals surface area (Å²) in [6.45, 7) is 3.53. The van der Waals surface area contributed by atoms with Crippen LogP contribution in [0.1, 0.15) is 23.7 Å². The van der Waals surface area contributed by atoms with E-state index in [-0.39, 0.29) is 5.56 Å². The molecule has 4 nitrogen and oxygen atoms in total. The number of fused-ring (bicyclic) bond motifs is 1. The van der Waals surface area contributed by atoms with E-state index >= 15 is 0 Å². The number of aromatic carboxylic acids is 1. The van der Waals surface area contributed by atoms with Gasteiger partial charge >= 0.3 is 5.97 Å². The average molecular weight is 274 g/mol. The third kappa shape index (κ3) is 3.27. The van der Waals surface area contributed by atoms with Crippen LogP contribution < -0.4 is 4.74 Å². The highest BCUT2D eigenvalue weighted by molar-refractivity contribution is 6.06. The van der Waals surface area contributed by atoms with Crippen LogP contribution >= 0.6 is 0 Å². The van der Waals surface area contributed by atoms with Gasteiger partial charge in [0, 0.05) is 6.61 Å². The van der Waals surface area contributed by atoms with E-state index in [0.29, 0.717) is 31.0 Å². The first-order valence-electron chi connectivity index (χ1n) is 6.69. The van der Waals surface area contributed by atoms with E-state index in [1.54, 1.807) is 12.1 Å². The van der Waals surface area contributed by atoms with Crippen LogP contribution in [0.15, 0.2) is 36.4 Å². The minimum atomic E-state index is -0.980. The lowest BCUT2D eigenvalue weighted by Gasteiger charge is -2.11. The summed E-state index contributed by atoms with van der Waals surface area (Å²) in [5.74, 6) is -0.595. The number of rotatable bonds is 7. The molecule has 106 valence electrons. The van der Waals surface area contributed by atoms with Crippen LogP contribution in [0.2, 0.25) is 0 Å². The highest BCUT2D eigenvalue weighted by Crippen LogP contribution is 2.28. The fourth-order valence-electron chi connectivity index (χ4n) is 2.05. The molecule has 0 saturated carbocycles. The van der Waals surface area contributed by atoms with Crippen LogP contribution in [0.3, 0.4) is 0 Å². The van der Waals surface area contributed by atoms with Crippen LogP contribution in [0.4, 0.5) is 0 Å². The molecule has 0 fully saturated rings. The maximum absolute atomic E-state index is 11.5. The first-order chi connectivity index (χ1) is 9.74. The van der Waals surface area contributed by atoms with Gasteiger partial charge in [-0.25, -0.2) is 4.79 Å². The smallest absolute Gasteiger partial charge is 0.340 e. The molecule has 0 unspecified atom stereocenters. The molecule has 0 heterocycles. The maximum atomic E-state index is 11.5. The molecule has 0 bridgehead atoms. The van der Waals surface area contributed by atoms with Gasteiger partial charge in [0.25, 0.3) is 0 Å². The van der Waals surface area contributed by atoms with Crippen molar-refractivity contribution in [3.63, 3.8) is 0 Å². The van der Waals surface area contributed by atoms with Crippen molar-refractivity contribution in [2.75, 3.05) is 19.8 Å². The molecule has 2 rings (SSSR count). The monoisotopic (exact) mass is 274 g/mol. The van der Waals surface area contributed by atoms with Crippen molar-refractivity contribution in [1.82, 2.24) is 0 Å². The molecular weight excluding hydrogens is 256 g/mol. The Kier molecular flexibility index (Phi) is 4.96. The van der Waals surface area contributed by atoms with Gasteiger partial charge in [0.05, 0.1) is 6.61 Å². The summed E-state index contributed by atoms with van der Waals surface area (Å²) in [6.07, 6.45) is 0.955. The summed E-state index contributed by atoms with van der Waals surface area (Å²) in [6, 6.07) is 10.9. The molecule has 0 saturated heterocycles. The number of benzene rings is 2. The zero-order valence-electron chi connectivity index (χ0n) is 11.5. The van der Waals surface area contributed by atoms with Crippen LogP contribution in [0.25, 0.3) is 10.8 Å². The van der Waals surface area contributed by atoms with Crippen LogP contribution in [0.5, 0.6) is 5.75 Å². The van der Waals surface area contributed by atoms with Gasteiger partial charge in [-0.2, -0.15) is 0 Å². The van der Waals surface area contributed by atoms with Gasteiger partial charge in [0.2, 0.25) is 0 Å². The molecule has 2 aromatic rings. The van der Waals surface area contributed by atoms with E-state index in [1.807, 2.05) is 31.2 Å². The Hall–Kier alpha value is -2.07. The normalized spacial score (nSPS) is 10.7. The molecule has 2 aromatic carbocycles. The first kappa shape index (κ1) is 14.3. The second kappa shape index (κ2) is 6.91. The number of carbonyl (C=O) groups is 1. The van der Waals surface area contributed by atoms with Crippen molar-refractivity contribution in [3.8, 4) is 5.75 Å². The molecule has 0 aromatic heterocycles. The van der Waals surface area contributed by atoms with E-state index in [1.165, 1.54) is 0 Å². The van der Waals surface area contributed by atoms with E-state index < -0.39 is 5.97 Å². The van der Waals surface area contributed by atoms with Crippen molar-refractivity contribution in [2.45, 2.75) is 13.3 Å². The number of hydrogen-bond donors (Lipinski definition) is 1.